The van der Waals surface area contributed by atoms with Crippen molar-refractivity contribution in [3.63, 3.8) is 0 Å². The molecule has 0 aliphatic heterocycles. The standard InChI is InChI=1S/C16H14N2O2S3/c1-8-12(16(21-2)23-13(8)15(19)20)14-18-11(7-22-14)9-3-5-10(17)6-4-9/h3-7H,17H2,1-2H3,(H,19,20). The number of aromatic nitrogens is 1. The van der Waals surface area contributed by atoms with Gasteiger partial charge in [-0.15, -0.1) is 34.4 Å². The lowest BCUT2D eigenvalue weighted by atomic mass is 10.1. The van der Waals surface area contributed by atoms with Crippen LogP contribution in [-0.4, -0.2) is 22.3 Å². The normalized spacial score (nSPS) is 10.9. The maximum atomic E-state index is 11.4. The van der Waals surface area contributed by atoms with Crippen LogP contribution in [0.15, 0.2) is 33.9 Å². The number of carboxylic acid groups (broad SMARTS) is 1. The molecule has 23 heavy (non-hydrogen) atoms. The molecule has 3 rings (SSSR count). The number of benzene rings is 1. The van der Waals surface area contributed by atoms with Gasteiger partial charge < -0.3 is 10.8 Å². The number of carbonyl (C=O) groups is 1. The van der Waals surface area contributed by atoms with E-state index in [1.54, 1.807) is 11.8 Å². The number of aromatic carboxylic acids is 1. The van der Waals surface area contributed by atoms with Crippen molar-refractivity contribution in [2.45, 2.75) is 11.1 Å². The van der Waals surface area contributed by atoms with Gasteiger partial charge in [0.2, 0.25) is 0 Å². The summed E-state index contributed by atoms with van der Waals surface area (Å²) >= 11 is 4.39. The highest BCUT2D eigenvalue weighted by molar-refractivity contribution is 8.00. The highest BCUT2D eigenvalue weighted by Gasteiger charge is 2.22. The maximum absolute atomic E-state index is 11.4. The van der Waals surface area contributed by atoms with Gasteiger partial charge in [-0.1, -0.05) is 12.1 Å². The summed E-state index contributed by atoms with van der Waals surface area (Å²) in [6, 6.07) is 7.57. The average molecular weight is 363 g/mol. The molecule has 4 nitrogen and oxygen atoms in total. The predicted octanol–water partition coefficient (Wildman–Crippen LogP) is 4.85. The van der Waals surface area contributed by atoms with Gasteiger partial charge in [0, 0.05) is 22.2 Å². The minimum atomic E-state index is -0.885. The molecule has 2 heterocycles. The zero-order chi connectivity index (χ0) is 16.6. The van der Waals surface area contributed by atoms with Gasteiger partial charge in [0.05, 0.1) is 9.90 Å². The molecule has 2 aromatic heterocycles. The molecule has 0 saturated heterocycles. The van der Waals surface area contributed by atoms with Crippen molar-refractivity contribution in [3.05, 3.63) is 40.1 Å². The Morgan fingerprint density at radius 2 is 2.00 bits per heavy atom. The monoisotopic (exact) mass is 362 g/mol. The molecule has 0 aliphatic rings. The van der Waals surface area contributed by atoms with Crippen molar-refractivity contribution < 1.29 is 9.90 Å². The summed E-state index contributed by atoms with van der Waals surface area (Å²) in [5.41, 5.74) is 10.0. The van der Waals surface area contributed by atoms with Crippen LogP contribution >= 0.6 is 34.4 Å². The van der Waals surface area contributed by atoms with E-state index in [1.807, 2.05) is 42.8 Å². The third-order valence-corrected chi connectivity index (χ3v) is 6.68. The summed E-state index contributed by atoms with van der Waals surface area (Å²) in [5.74, 6) is -0.885. The number of carboxylic acids is 1. The number of thioether (sulfide) groups is 1. The molecule has 0 radical (unpaired) electrons. The molecule has 0 spiro atoms. The number of nitrogens with zero attached hydrogens (tertiary/aromatic N) is 1. The Balaban J connectivity index is 2.07. The van der Waals surface area contributed by atoms with Crippen LogP contribution in [-0.2, 0) is 0 Å². The fourth-order valence-electron chi connectivity index (χ4n) is 2.26. The second-order valence-electron chi connectivity index (χ2n) is 4.89. The summed E-state index contributed by atoms with van der Waals surface area (Å²) < 4.78 is 0.984. The first-order valence-corrected chi connectivity index (χ1v) is 9.66. The highest BCUT2D eigenvalue weighted by Crippen LogP contribution is 2.43. The summed E-state index contributed by atoms with van der Waals surface area (Å²) in [6.45, 7) is 1.85. The van der Waals surface area contributed by atoms with Gasteiger partial charge in [-0.2, -0.15) is 0 Å². The van der Waals surface area contributed by atoms with Crippen LogP contribution < -0.4 is 5.73 Å². The van der Waals surface area contributed by atoms with Crippen molar-refractivity contribution in [2.75, 3.05) is 12.0 Å². The molecule has 0 atom stereocenters. The number of thiophene rings is 1. The maximum Gasteiger partial charge on any atom is 0.346 e. The molecule has 0 bridgehead atoms. The number of anilines is 1. The molecular formula is C16H14N2O2S3. The van der Waals surface area contributed by atoms with Crippen LogP contribution in [0.4, 0.5) is 5.69 Å². The number of hydrogen-bond acceptors (Lipinski definition) is 6. The largest absolute Gasteiger partial charge is 0.477 e. The molecule has 0 fully saturated rings. The predicted molar refractivity (Wildman–Crippen MR) is 98.8 cm³/mol. The second kappa shape index (κ2) is 6.35. The molecule has 118 valence electrons. The minimum Gasteiger partial charge on any atom is -0.477 e. The molecule has 0 unspecified atom stereocenters. The van der Waals surface area contributed by atoms with Crippen LogP contribution in [0.2, 0.25) is 0 Å². The van der Waals surface area contributed by atoms with Gasteiger partial charge in [0.25, 0.3) is 0 Å². The second-order valence-corrected chi connectivity index (χ2v) is 7.84. The van der Waals surface area contributed by atoms with E-state index in [9.17, 15) is 9.90 Å². The Bertz CT molecular complexity index is 866. The van der Waals surface area contributed by atoms with E-state index in [4.69, 9.17) is 10.7 Å². The number of nitrogens with two attached hydrogens (primary N) is 1. The van der Waals surface area contributed by atoms with Gasteiger partial charge in [-0.05, 0) is 30.9 Å². The summed E-state index contributed by atoms with van der Waals surface area (Å²) in [5, 5.41) is 12.2. The van der Waals surface area contributed by atoms with Crippen molar-refractivity contribution in [2.24, 2.45) is 0 Å². The summed E-state index contributed by atoms with van der Waals surface area (Å²) in [4.78, 5) is 16.4. The molecular weight excluding hydrogens is 348 g/mol. The minimum absolute atomic E-state index is 0.383. The number of rotatable bonds is 4. The molecule has 1 aromatic carbocycles. The lowest BCUT2D eigenvalue weighted by Crippen LogP contribution is -1.94. The van der Waals surface area contributed by atoms with E-state index in [1.165, 1.54) is 22.7 Å². The van der Waals surface area contributed by atoms with Crippen LogP contribution in [0.1, 0.15) is 15.2 Å². The molecule has 0 amide bonds. The van der Waals surface area contributed by atoms with E-state index >= 15 is 0 Å². The fourth-order valence-corrected chi connectivity index (χ4v) is 5.24. The van der Waals surface area contributed by atoms with Gasteiger partial charge in [-0.3, -0.25) is 0 Å². The molecule has 0 aliphatic carbocycles. The summed E-state index contributed by atoms with van der Waals surface area (Å²) in [7, 11) is 0. The topological polar surface area (TPSA) is 76.2 Å². The molecule has 3 N–H and O–H groups in total. The first kappa shape index (κ1) is 16.0. The van der Waals surface area contributed by atoms with Gasteiger partial charge in [-0.25, -0.2) is 9.78 Å². The lowest BCUT2D eigenvalue weighted by molar-refractivity contribution is 0.0701. The van der Waals surface area contributed by atoms with Crippen LogP contribution in [0.3, 0.4) is 0 Å². The SMILES string of the molecule is CSc1sc(C(=O)O)c(C)c1-c1nc(-c2ccc(N)cc2)cs1. The van der Waals surface area contributed by atoms with E-state index in [-0.39, 0.29) is 0 Å². The van der Waals surface area contributed by atoms with Crippen LogP contribution in [0.25, 0.3) is 21.8 Å². The van der Waals surface area contributed by atoms with Gasteiger partial charge in [0.1, 0.15) is 9.88 Å². The Morgan fingerprint density at radius 1 is 1.30 bits per heavy atom. The van der Waals surface area contributed by atoms with Gasteiger partial charge >= 0.3 is 5.97 Å². The van der Waals surface area contributed by atoms with Crippen LogP contribution in [0.5, 0.6) is 0 Å². The number of thiazole rings is 1. The van der Waals surface area contributed by atoms with Crippen molar-refractivity contribution >= 4 is 46.1 Å². The van der Waals surface area contributed by atoms with Crippen molar-refractivity contribution in [3.8, 4) is 21.8 Å². The van der Waals surface area contributed by atoms with E-state index < -0.39 is 5.97 Å². The molecule has 3 aromatic rings. The summed E-state index contributed by atoms with van der Waals surface area (Å²) in [6.07, 6.45) is 1.95. The van der Waals surface area contributed by atoms with E-state index in [2.05, 4.69) is 0 Å². The quantitative estimate of drug-likeness (QED) is 0.512. The third kappa shape index (κ3) is 2.99. The Labute approximate surface area is 146 Å². The highest BCUT2D eigenvalue weighted by atomic mass is 32.2. The lowest BCUT2D eigenvalue weighted by Gasteiger charge is -2.00. The van der Waals surface area contributed by atoms with Gasteiger partial charge in [0.15, 0.2) is 0 Å². The fraction of sp³-hybridized carbons (Fsp3) is 0.125. The van der Waals surface area contributed by atoms with Crippen molar-refractivity contribution in [1.29, 1.82) is 0 Å². The van der Waals surface area contributed by atoms with E-state index in [0.717, 1.165) is 31.6 Å². The Morgan fingerprint density at radius 3 is 2.61 bits per heavy atom. The van der Waals surface area contributed by atoms with E-state index in [0.29, 0.717) is 10.6 Å². The average Bonchev–Trinajstić information content (AvgIpc) is 3.12. The zero-order valence-electron chi connectivity index (χ0n) is 12.5. The Kier molecular flexibility index (Phi) is 4.43. The van der Waals surface area contributed by atoms with Crippen molar-refractivity contribution in [1.82, 2.24) is 4.98 Å². The first-order chi connectivity index (χ1) is 11.0. The number of nitrogen functional groups attached to an aromatic ring is 1. The van der Waals surface area contributed by atoms with Crippen LogP contribution in [0, 0.1) is 6.92 Å². The Hall–Kier alpha value is -1.83. The smallest absolute Gasteiger partial charge is 0.346 e. The molecule has 0 saturated carbocycles. The third-order valence-electron chi connectivity index (χ3n) is 3.42. The first-order valence-electron chi connectivity index (χ1n) is 6.73. The number of hydrogen-bond donors (Lipinski definition) is 2. The zero-order valence-corrected chi connectivity index (χ0v) is 14.9. The molecule has 7 heteroatoms.